The lowest BCUT2D eigenvalue weighted by Gasteiger charge is -2.30. The number of ether oxygens (including phenoxy) is 2. The number of anilines is 1. The van der Waals surface area contributed by atoms with Crippen LogP contribution < -0.4 is 19.1 Å². The SMILES string of the molecule is COc1cc(C)c(C(C)NC(=O)C(C)N(c2cc(Cl)ccc2OC)S(C)(=O)=O)cc1C(C)C. The molecule has 182 valence electrons. The summed E-state index contributed by atoms with van der Waals surface area (Å²) in [5.41, 5.74) is 3.14. The molecule has 2 aromatic rings. The highest BCUT2D eigenvalue weighted by Crippen LogP contribution is 2.35. The average molecular weight is 497 g/mol. The van der Waals surface area contributed by atoms with Crippen molar-refractivity contribution < 1.29 is 22.7 Å². The summed E-state index contributed by atoms with van der Waals surface area (Å²) >= 11 is 6.11. The van der Waals surface area contributed by atoms with E-state index in [0.29, 0.717) is 10.8 Å². The van der Waals surface area contributed by atoms with Crippen molar-refractivity contribution in [2.75, 3.05) is 24.8 Å². The Morgan fingerprint density at radius 2 is 1.61 bits per heavy atom. The maximum atomic E-state index is 13.2. The van der Waals surface area contributed by atoms with E-state index in [1.165, 1.54) is 20.1 Å². The maximum absolute atomic E-state index is 13.2. The fourth-order valence-corrected chi connectivity index (χ4v) is 5.17. The number of amides is 1. The van der Waals surface area contributed by atoms with Crippen LogP contribution in [0.2, 0.25) is 5.02 Å². The number of benzene rings is 2. The van der Waals surface area contributed by atoms with Gasteiger partial charge < -0.3 is 14.8 Å². The highest BCUT2D eigenvalue weighted by molar-refractivity contribution is 7.92. The van der Waals surface area contributed by atoms with Crippen LogP contribution in [0.5, 0.6) is 11.5 Å². The summed E-state index contributed by atoms with van der Waals surface area (Å²) in [6.07, 6.45) is 1.04. The van der Waals surface area contributed by atoms with Crippen LogP contribution in [0, 0.1) is 6.92 Å². The van der Waals surface area contributed by atoms with E-state index >= 15 is 0 Å². The Hall–Kier alpha value is -2.45. The second-order valence-electron chi connectivity index (χ2n) is 8.39. The minimum Gasteiger partial charge on any atom is -0.496 e. The van der Waals surface area contributed by atoms with Gasteiger partial charge in [0.05, 0.1) is 32.2 Å². The molecule has 2 aromatic carbocycles. The van der Waals surface area contributed by atoms with Crippen molar-refractivity contribution in [1.29, 1.82) is 0 Å². The molecule has 1 amide bonds. The van der Waals surface area contributed by atoms with Crippen molar-refractivity contribution in [3.8, 4) is 11.5 Å². The molecule has 0 spiro atoms. The number of carbonyl (C=O) groups excluding carboxylic acids is 1. The summed E-state index contributed by atoms with van der Waals surface area (Å²) in [5.74, 6) is 0.882. The van der Waals surface area contributed by atoms with E-state index in [1.807, 2.05) is 26.0 Å². The molecule has 0 saturated carbocycles. The van der Waals surface area contributed by atoms with Crippen molar-refractivity contribution in [1.82, 2.24) is 5.32 Å². The fourth-order valence-electron chi connectivity index (χ4n) is 3.84. The molecule has 0 fully saturated rings. The zero-order valence-corrected chi connectivity index (χ0v) is 22.0. The third-order valence-electron chi connectivity index (χ3n) is 5.53. The summed E-state index contributed by atoms with van der Waals surface area (Å²) in [5, 5.41) is 3.28. The van der Waals surface area contributed by atoms with E-state index in [-0.39, 0.29) is 17.6 Å². The summed E-state index contributed by atoms with van der Waals surface area (Å²) in [7, 11) is -0.764. The summed E-state index contributed by atoms with van der Waals surface area (Å²) in [6, 6.07) is 7.22. The minimum atomic E-state index is -3.83. The summed E-state index contributed by atoms with van der Waals surface area (Å²) in [4.78, 5) is 13.2. The van der Waals surface area contributed by atoms with Crippen molar-refractivity contribution in [2.45, 2.75) is 52.6 Å². The Morgan fingerprint density at radius 3 is 2.12 bits per heavy atom. The molecule has 2 atom stereocenters. The van der Waals surface area contributed by atoms with Gasteiger partial charge >= 0.3 is 0 Å². The zero-order valence-electron chi connectivity index (χ0n) is 20.4. The van der Waals surface area contributed by atoms with Gasteiger partial charge in [0, 0.05) is 5.02 Å². The first-order valence-corrected chi connectivity index (χ1v) is 12.9. The Labute approximate surface area is 202 Å². The van der Waals surface area contributed by atoms with Gasteiger partial charge in [0.1, 0.15) is 17.5 Å². The number of halogens is 1. The van der Waals surface area contributed by atoms with Crippen LogP contribution in [0.25, 0.3) is 0 Å². The minimum absolute atomic E-state index is 0.200. The molecule has 0 aliphatic rings. The first kappa shape index (κ1) is 26.8. The number of hydrogen-bond acceptors (Lipinski definition) is 5. The first-order valence-electron chi connectivity index (χ1n) is 10.6. The van der Waals surface area contributed by atoms with Crippen LogP contribution in [0.3, 0.4) is 0 Å². The quantitative estimate of drug-likeness (QED) is 0.538. The second-order valence-corrected chi connectivity index (χ2v) is 10.7. The number of sulfonamides is 1. The summed E-state index contributed by atoms with van der Waals surface area (Å²) in [6.45, 7) is 9.50. The van der Waals surface area contributed by atoms with Gasteiger partial charge in [0.25, 0.3) is 0 Å². The standard InChI is InChI=1S/C24H33ClN2O5S/c1-14(2)19-13-20(15(3)11-23(19)32-7)16(4)26-24(28)17(5)27(33(8,29)30)21-12-18(25)9-10-22(21)31-6/h9-14,16-17H,1-8H3,(H,26,28). The van der Waals surface area contributed by atoms with Crippen LogP contribution in [0.15, 0.2) is 30.3 Å². The van der Waals surface area contributed by atoms with Crippen LogP contribution >= 0.6 is 11.6 Å². The van der Waals surface area contributed by atoms with Gasteiger partial charge in [-0.3, -0.25) is 9.10 Å². The third kappa shape index (κ3) is 6.12. The average Bonchev–Trinajstić information content (AvgIpc) is 2.72. The van der Waals surface area contributed by atoms with Crippen LogP contribution in [-0.2, 0) is 14.8 Å². The molecule has 7 nitrogen and oxygen atoms in total. The normalized spacial score (nSPS) is 13.4. The van der Waals surface area contributed by atoms with Gasteiger partial charge in [-0.15, -0.1) is 0 Å². The number of methoxy groups -OCH3 is 2. The second kappa shape index (κ2) is 10.7. The molecule has 0 aromatic heterocycles. The lowest BCUT2D eigenvalue weighted by molar-refractivity contribution is -0.122. The van der Waals surface area contributed by atoms with Crippen LogP contribution in [0.1, 0.15) is 56.3 Å². The maximum Gasteiger partial charge on any atom is 0.244 e. The third-order valence-corrected chi connectivity index (χ3v) is 7.00. The number of aryl methyl sites for hydroxylation is 1. The number of nitrogens with one attached hydrogen (secondary N) is 1. The molecule has 0 aliphatic carbocycles. The van der Waals surface area contributed by atoms with Gasteiger partial charge in [0.2, 0.25) is 15.9 Å². The van der Waals surface area contributed by atoms with E-state index < -0.39 is 22.0 Å². The molecule has 0 bridgehead atoms. The molecule has 33 heavy (non-hydrogen) atoms. The molecular weight excluding hydrogens is 464 g/mol. The van der Waals surface area contributed by atoms with E-state index in [2.05, 4.69) is 19.2 Å². The molecule has 2 unspecified atom stereocenters. The largest absolute Gasteiger partial charge is 0.496 e. The molecule has 2 rings (SSSR count). The highest BCUT2D eigenvalue weighted by atomic mass is 35.5. The fraction of sp³-hybridized carbons (Fsp3) is 0.458. The Morgan fingerprint density at radius 1 is 1.00 bits per heavy atom. The van der Waals surface area contributed by atoms with Crippen molar-refractivity contribution in [3.05, 3.63) is 52.0 Å². The topological polar surface area (TPSA) is 84.9 Å². The number of hydrogen-bond donors (Lipinski definition) is 1. The van der Waals surface area contributed by atoms with Crippen molar-refractivity contribution in [3.63, 3.8) is 0 Å². The highest BCUT2D eigenvalue weighted by Gasteiger charge is 2.32. The van der Waals surface area contributed by atoms with E-state index in [9.17, 15) is 13.2 Å². The van der Waals surface area contributed by atoms with Crippen molar-refractivity contribution in [2.24, 2.45) is 0 Å². The smallest absolute Gasteiger partial charge is 0.244 e. The lowest BCUT2D eigenvalue weighted by Crippen LogP contribution is -2.48. The van der Waals surface area contributed by atoms with Gasteiger partial charge in [-0.25, -0.2) is 8.42 Å². The molecular formula is C24H33ClN2O5S. The predicted molar refractivity (Wildman–Crippen MR) is 133 cm³/mol. The van der Waals surface area contributed by atoms with Gasteiger partial charge in [-0.2, -0.15) is 0 Å². The van der Waals surface area contributed by atoms with E-state index in [1.54, 1.807) is 19.2 Å². The van der Waals surface area contributed by atoms with Crippen LogP contribution in [0.4, 0.5) is 5.69 Å². The number of carbonyl (C=O) groups is 1. The van der Waals surface area contributed by atoms with E-state index in [0.717, 1.165) is 33.0 Å². The van der Waals surface area contributed by atoms with Crippen LogP contribution in [-0.4, -0.2) is 40.8 Å². The Balaban J connectivity index is 2.41. The Kier molecular flexibility index (Phi) is 8.65. The number of rotatable bonds is 9. The molecule has 0 radical (unpaired) electrons. The predicted octanol–water partition coefficient (Wildman–Crippen LogP) is 4.82. The molecule has 0 aliphatic heterocycles. The Bertz CT molecular complexity index is 1120. The van der Waals surface area contributed by atoms with Gasteiger partial charge in [-0.05, 0) is 73.7 Å². The monoisotopic (exact) mass is 496 g/mol. The molecule has 1 N–H and O–H groups in total. The van der Waals surface area contributed by atoms with Gasteiger partial charge in [-0.1, -0.05) is 25.4 Å². The zero-order chi connectivity index (χ0) is 25.1. The molecule has 9 heteroatoms. The lowest BCUT2D eigenvalue weighted by atomic mass is 9.93. The number of nitrogens with zero attached hydrogens (tertiary/aromatic N) is 1. The molecule has 0 heterocycles. The van der Waals surface area contributed by atoms with E-state index in [4.69, 9.17) is 21.1 Å². The molecule has 0 saturated heterocycles. The first-order chi connectivity index (χ1) is 15.3. The van der Waals surface area contributed by atoms with Gasteiger partial charge in [0.15, 0.2) is 0 Å². The summed E-state index contributed by atoms with van der Waals surface area (Å²) < 4.78 is 37.2. The van der Waals surface area contributed by atoms with Crippen molar-refractivity contribution >= 4 is 33.2 Å².